The van der Waals surface area contributed by atoms with E-state index in [0.29, 0.717) is 18.3 Å². The maximum absolute atomic E-state index is 12.4. The third-order valence-electron chi connectivity index (χ3n) is 5.36. The second-order valence-electron chi connectivity index (χ2n) is 6.97. The van der Waals surface area contributed by atoms with Gasteiger partial charge in [-0.15, -0.1) is 0 Å². The first-order valence-corrected chi connectivity index (χ1v) is 8.66. The molecule has 5 heteroatoms. The summed E-state index contributed by atoms with van der Waals surface area (Å²) in [6.45, 7) is 4.40. The average Bonchev–Trinajstić information content (AvgIpc) is 2.91. The van der Waals surface area contributed by atoms with Crippen molar-refractivity contribution in [3.8, 4) is 0 Å². The lowest BCUT2D eigenvalue weighted by Crippen LogP contribution is -2.37. The molecule has 0 saturated carbocycles. The van der Waals surface area contributed by atoms with Crippen LogP contribution in [0.5, 0.6) is 0 Å². The molecular formula is C17H28N4O. The monoisotopic (exact) mass is 304 g/mol. The van der Waals surface area contributed by atoms with E-state index >= 15 is 0 Å². The molecule has 1 aromatic heterocycles. The molecule has 2 aliphatic rings. The number of rotatable bonds is 4. The minimum atomic E-state index is 0.154. The molecule has 0 bridgehead atoms. The molecule has 2 N–H and O–H groups in total. The Bertz CT molecular complexity index is 519. The third kappa shape index (κ3) is 3.35. The molecule has 1 fully saturated rings. The van der Waals surface area contributed by atoms with Gasteiger partial charge in [0, 0.05) is 24.7 Å². The van der Waals surface area contributed by atoms with E-state index in [-0.39, 0.29) is 11.9 Å². The minimum Gasteiger partial charge on any atom is -0.349 e. The Kier molecular flexibility index (Phi) is 4.81. The highest BCUT2D eigenvalue weighted by Gasteiger charge is 2.27. The number of piperidine rings is 1. The minimum absolute atomic E-state index is 0.154. The molecule has 1 amide bonds. The van der Waals surface area contributed by atoms with Gasteiger partial charge >= 0.3 is 0 Å². The smallest absolute Gasteiger partial charge is 0.220 e. The lowest BCUT2D eigenvalue weighted by atomic mass is 9.85. The molecule has 1 aliphatic carbocycles. The lowest BCUT2D eigenvalue weighted by molar-refractivity contribution is -0.123. The third-order valence-corrected chi connectivity index (χ3v) is 5.36. The summed E-state index contributed by atoms with van der Waals surface area (Å²) in [4.78, 5) is 12.4. The van der Waals surface area contributed by atoms with E-state index in [9.17, 15) is 4.79 Å². The predicted molar refractivity (Wildman–Crippen MR) is 86.4 cm³/mol. The van der Waals surface area contributed by atoms with Crippen LogP contribution in [-0.2, 0) is 18.3 Å². The number of nitrogens with one attached hydrogen (secondary N) is 2. The Balaban J connectivity index is 1.56. The number of carbonyl (C=O) groups is 1. The van der Waals surface area contributed by atoms with Crippen molar-refractivity contribution < 1.29 is 4.79 Å². The van der Waals surface area contributed by atoms with E-state index in [1.807, 2.05) is 17.9 Å². The van der Waals surface area contributed by atoms with Crippen LogP contribution in [0.15, 0.2) is 6.20 Å². The Morgan fingerprint density at radius 1 is 1.50 bits per heavy atom. The van der Waals surface area contributed by atoms with Gasteiger partial charge < -0.3 is 10.6 Å². The zero-order valence-corrected chi connectivity index (χ0v) is 13.8. The molecule has 3 atom stereocenters. The number of fused-ring (bicyclic) bond motifs is 1. The van der Waals surface area contributed by atoms with Crippen molar-refractivity contribution in [2.45, 2.75) is 51.5 Å². The van der Waals surface area contributed by atoms with Crippen molar-refractivity contribution in [2.24, 2.45) is 18.9 Å². The number of aryl methyl sites for hydroxylation is 1. The molecule has 5 nitrogen and oxygen atoms in total. The van der Waals surface area contributed by atoms with Crippen LogP contribution < -0.4 is 10.6 Å². The maximum atomic E-state index is 12.4. The fourth-order valence-electron chi connectivity index (χ4n) is 3.93. The second-order valence-corrected chi connectivity index (χ2v) is 6.97. The van der Waals surface area contributed by atoms with E-state index in [0.717, 1.165) is 32.4 Å². The van der Waals surface area contributed by atoms with Gasteiger partial charge in [-0.2, -0.15) is 5.10 Å². The molecule has 0 spiro atoms. The Labute approximate surface area is 132 Å². The zero-order valence-electron chi connectivity index (χ0n) is 13.8. The van der Waals surface area contributed by atoms with Crippen LogP contribution in [0.4, 0.5) is 0 Å². The number of carbonyl (C=O) groups excluding carboxylic acids is 1. The summed E-state index contributed by atoms with van der Waals surface area (Å²) in [6.07, 6.45) is 8.27. The molecule has 0 aromatic carbocycles. The quantitative estimate of drug-likeness (QED) is 0.894. The van der Waals surface area contributed by atoms with Gasteiger partial charge in [-0.3, -0.25) is 9.48 Å². The maximum Gasteiger partial charge on any atom is 0.220 e. The first-order chi connectivity index (χ1) is 10.6. The highest BCUT2D eigenvalue weighted by molar-refractivity contribution is 5.76. The summed E-state index contributed by atoms with van der Waals surface area (Å²) >= 11 is 0. The van der Waals surface area contributed by atoms with Crippen LogP contribution in [0.1, 0.15) is 56.3 Å². The van der Waals surface area contributed by atoms with Crippen LogP contribution in [0.25, 0.3) is 0 Å². The van der Waals surface area contributed by atoms with Gasteiger partial charge in [-0.1, -0.05) is 6.92 Å². The summed E-state index contributed by atoms with van der Waals surface area (Å²) in [5, 5.41) is 11.0. The van der Waals surface area contributed by atoms with E-state index in [1.165, 1.54) is 24.1 Å². The van der Waals surface area contributed by atoms with Crippen molar-refractivity contribution in [3.63, 3.8) is 0 Å². The molecule has 22 heavy (non-hydrogen) atoms. The largest absolute Gasteiger partial charge is 0.349 e. The fourth-order valence-corrected chi connectivity index (χ4v) is 3.93. The van der Waals surface area contributed by atoms with Crippen LogP contribution in [0.3, 0.4) is 0 Å². The summed E-state index contributed by atoms with van der Waals surface area (Å²) in [5.74, 6) is 1.28. The van der Waals surface area contributed by atoms with Crippen molar-refractivity contribution in [1.82, 2.24) is 20.4 Å². The number of hydrogen-bond acceptors (Lipinski definition) is 3. The molecule has 3 rings (SSSR count). The Morgan fingerprint density at radius 3 is 3.14 bits per heavy atom. The predicted octanol–water partition coefficient (Wildman–Crippen LogP) is 1.94. The van der Waals surface area contributed by atoms with Gasteiger partial charge in [0.1, 0.15) is 0 Å². The van der Waals surface area contributed by atoms with Crippen molar-refractivity contribution in [3.05, 3.63) is 17.5 Å². The first-order valence-electron chi connectivity index (χ1n) is 8.66. The summed E-state index contributed by atoms with van der Waals surface area (Å²) in [6, 6.07) is 0.154. The number of hydrogen-bond donors (Lipinski definition) is 2. The summed E-state index contributed by atoms with van der Waals surface area (Å²) in [7, 11) is 1.99. The van der Waals surface area contributed by atoms with E-state index < -0.39 is 0 Å². The molecular weight excluding hydrogens is 276 g/mol. The molecule has 1 saturated heterocycles. The average molecular weight is 304 g/mol. The normalized spacial score (nSPS) is 26.3. The van der Waals surface area contributed by atoms with E-state index in [1.54, 1.807) is 0 Å². The standard InChI is InChI=1S/C17H28N4O/c1-12(13-5-4-8-18-10-13)9-17(22)20-15-6-3-7-16-14(15)11-19-21(16)2/h11-13,15,18H,3-10H2,1-2H3,(H,20,22). The zero-order chi connectivity index (χ0) is 15.5. The summed E-state index contributed by atoms with van der Waals surface area (Å²) < 4.78 is 1.95. The summed E-state index contributed by atoms with van der Waals surface area (Å²) in [5.41, 5.74) is 2.50. The van der Waals surface area contributed by atoms with Crippen LogP contribution in [-0.4, -0.2) is 28.8 Å². The van der Waals surface area contributed by atoms with Gasteiger partial charge in [-0.25, -0.2) is 0 Å². The van der Waals surface area contributed by atoms with E-state index in [2.05, 4.69) is 22.7 Å². The van der Waals surface area contributed by atoms with Gasteiger partial charge in [-0.05, 0) is 57.0 Å². The van der Waals surface area contributed by atoms with Gasteiger partial charge in [0.2, 0.25) is 5.91 Å². The molecule has 3 unspecified atom stereocenters. The number of nitrogens with zero attached hydrogens (tertiary/aromatic N) is 2. The van der Waals surface area contributed by atoms with E-state index in [4.69, 9.17) is 0 Å². The highest BCUT2D eigenvalue weighted by atomic mass is 16.1. The van der Waals surface area contributed by atoms with Crippen LogP contribution in [0.2, 0.25) is 0 Å². The van der Waals surface area contributed by atoms with Crippen LogP contribution in [0, 0.1) is 11.8 Å². The van der Waals surface area contributed by atoms with Crippen molar-refractivity contribution >= 4 is 5.91 Å². The van der Waals surface area contributed by atoms with Gasteiger partial charge in [0.05, 0.1) is 12.2 Å². The second kappa shape index (κ2) is 6.82. The Hall–Kier alpha value is -1.36. The fraction of sp³-hybridized carbons (Fsp3) is 0.765. The molecule has 122 valence electrons. The Morgan fingerprint density at radius 2 is 2.36 bits per heavy atom. The lowest BCUT2D eigenvalue weighted by Gasteiger charge is -2.29. The van der Waals surface area contributed by atoms with Crippen molar-refractivity contribution in [2.75, 3.05) is 13.1 Å². The number of aromatic nitrogens is 2. The van der Waals surface area contributed by atoms with Gasteiger partial charge in [0.15, 0.2) is 0 Å². The highest BCUT2D eigenvalue weighted by Crippen LogP contribution is 2.30. The molecule has 1 aromatic rings. The molecule has 2 heterocycles. The molecule has 0 radical (unpaired) electrons. The number of amides is 1. The van der Waals surface area contributed by atoms with Gasteiger partial charge in [0.25, 0.3) is 0 Å². The van der Waals surface area contributed by atoms with Crippen LogP contribution >= 0.6 is 0 Å². The molecule has 1 aliphatic heterocycles. The first kappa shape index (κ1) is 15.5. The van der Waals surface area contributed by atoms with Crippen molar-refractivity contribution in [1.29, 1.82) is 0 Å². The SMILES string of the molecule is CC(CC(=O)NC1CCCc2c1cnn2C)C1CCCNC1. The topological polar surface area (TPSA) is 59.0 Å².